The van der Waals surface area contributed by atoms with Gasteiger partial charge in [0.15, 0.2) is 0 Å². The molecule has 0 aliphatic heterocycles. The number of benzene rings is 1. The molecular weight excluding hydrogens is 270 g/mol. The Bertz CT molecular complexity index is 519. The van der Waals surface area contributed by atoms with E-state index in [1.807, 2.05) is 0 Å². The minimum absolute atomic E-state index is 0.0151. The molecule has 19 heavy (non-hydrogen) atoms. The van der Waals surface area contributed by atoms with Crippen molar-refractivity contribution < 1.29 is 13.9 Å². The van der Waals surface area contributed by atoms with E-state index in [-0.39, 0.29) is 23.5 Å². The molecule has 1 aromatic carbocycles. The van der Waals surface area contributed by atoms with Gasteiger partial charge in [0.05, 0.1) is 4.92 Å². The molecule has 0 radical (unpaired) electrons. The zero-order valence-corrected chi connectivity index (χ0v) is 11.5. The van der Waals surface area contributed by atoms with Gasteiger partial charge in [0.1, 0.15) is 11.3 Å². The quantitative estimate of drug-likeness (QED) is 0.593. The molecule has 0 heterocycles. The van der Waals surface area contributed by atoms with Crippen molar-refractivity contribution >= 4 is 28.1 Å². The van der Waals surface area contributed by atoms with Crippen molar-refractivity contribution in [1.82, 2.24) is 5.32 Å². The normalized spacial score (nSPS) is 11.7. The van der Waals surface area contributed by atoms with Gasteiger partial charge < -0.3 is 10.6 Å². The summed E-state index contributed by atoms with van der Waals surface area (Å²) in [6, 6.07) is 4.47. The number of para-hydroxylation sites is 1. The number of hydrogen-bond acceptors (Lipinski definition) is 5. The number of rotatable bonds is 6. The number of carbonyl (C=O) groups excluding carboxylic acids is 1. The van der Waals surface area contributed by atoms with E-state index < -0.39 is 21.6 Å². The number of nitrogens with one attached hydrogen (secondary N) is 2. The van der Waals surface area contributed by atoms with Gasteiger partial charge in [0.2, 0.25) is 0 Å². The topological polar surface area (TPSA) is 101 Å². The van der Waals surface area contributed by atoms with Gasteiger partial charge in [-0.25, -0.2) is 0 Å². The number of nitro groups is 1. The second kappa shape index (κ2) is 6.83. The van der Waals surface area contributed by atoms with E-state index in [0.717, 1.165) is 0 Å². The molecule has 0 aliphatic carbocycles. The van der Waals surface area contributed by atoms with Gasteiger partial charge in [-0.2, -0.15) is 0 Å². The molecular formula is C11H15N3O4S. The summed E-state index contributed by atoms with van der Waals surface area (Å²) in [6.45, 7) is 0.211. The predicted molar refractivity (Wildman–Crippen MR) is 73.9 cm³/mol. The third kappa shape index (κ3) is 4.02. The van der Waals surface area contributed by atoms with Crippen LogP contribution in [0.3, 0.4) is 0 Å². The van der Waals surface area contributed by atoms with Gasteiger partial charge in [0.25, 0.3) is 5.91 Å². The first-order valence-corrected chi connectivity index (χ1v) is 7.23. The van der Waals surface area contributed by atoms with Gasteiger partial charge in [0, 0.05) is 36.4 Å². The van der Waals surface area contributed by atoms with Crippen LogP contribution in [-0.4, -0.2) is 40.6 Å². The van der Waals surface area contributed by atoms with Crippen LogP contribution in [0.5, 0.6) is 0 Å². The predicted octanol–water partition coefficient (Wildman–Crippen LogP) is 0.745. The number of anilines is 1. The molecule has 0 spiro atoms. The zero-order chi connectivity index (χ0) is 14.4. The van der Waals surface area contributed by atoms with E-state index in [9.17, 15) is 19.1 Å². The summed E-state index contributed by atoms with van der Waals surface area (Å²) >= 11 is 0. The molecule has 0 bridgehead atoms. The third-order valence-corrected chi connectivity index (χ3v) is 3.19. The fourth-order valence-corrected chi connectivity index (χ4v) is 1.92. The highest BCUT2D eigenvalue weighted by atomic mass is 32.2. The summed E-state index contributed by atoms with van der Waals surface area (Å²) in [5.74, 6) is -0.236. The van der Waals surface area contributed by atoms with Crippen molar-refractivity contribution in [3.63, 3.8) is 0 Å². The second-order valence-corrected chi connectivity index (χ2v) is 5.30. The largest absolute Gasteiger partial charge is 0.383 e. The summed E-state index contributed by atoms with van der Waals surface area (Å²) in [5.41, 5.74) is -0.00410. The van der Waals surface area contributed by atoms with Crippen molar-refractivity contribution in [3.05, 3.63) is 33.9 Å². The Hall–Kier alpha value is -1.96. The molecule has 0 saturated carbocycles. The van der Waals surface area contributed by atoms with Crippen molar-refractivity contribution in [2.24, 2.45) is 0 Å². The Morgan fingerprint density at radius 3 is 2.68 bits per heavy atom. The second-order valence-electron chi connectivity index (χ2n) is 3.74. The zero-order valence-electron chi connectivity index (χ0n) is 10.6. The SMILES string of the molecule is CNc1cccc(C(=O)NCCS(C)=O)c1[N+](=O)[O-]. The molecule has 2 N–H and O–H groups in total. The average Bonchev–Trinajstić information content (AvgIpc) is 2.36. The lowest BCUT2D eigenvalue weighted by Crippen LogP contribution is -2.28. The highest BCUT2D eigenvalue weighted by Gasteiger charge is 2.23. The Kier molecular flexibility index (Phi) is 5.43. The summed E-state index contributed by atoms with van der Waals surface area (Å²) in [7, 11) is 0.526. The fraction of sp³-hybridized carbons (Fsp3) is 0.364. The Balaban J connectivity index is 2.96. The van der Waals surface area contributed by atoms with E-state index in [4.69, 9.17) is 0 Å². The van der Waals surface area contributed by atoms with E-state index in [1.165, 1.54) is 18.4 Å². The van der Waals surface area contributed by atoms with Gasteiger partial charge in [-0.3, -0.25) is 19.1 Å². The van der Waals surface area contributed by atoms with Crippen LogP contribution in [-0.2, 0) is 10.8 Å². The standard InChI is InChI=1S/C11H15N3O4S/c1-12-9-5-3-4-8(10(9)14(16)17)11(15)13-6-7-19(2)18/h3-5,12H,6-7H2,1-2H3,(H,13,15). The summed E-state index contributed by atoms with van der Waals surface area (Å²) < 4.78 is 10.9. The van der Waals surface area contributed by atoms with Gasteiger partial charge in [-0.1, -0.05) is 6.07 Å². The van der Waals surface area contributed by atoms with Crippen LogP contribution in [0.1, 0.15) is 10.4 Å². The maximum absolute atomic E-state index is 11.9. The van der Waals surface area contributed by atoms with Gasteiger partial charge in [-0.15, -0.1) is 0 Å². The minimum Gasteiger partial charge on any atom is -0.383 e. The first-order chi connectivity index (χ1) is 8.97. The lowest BCUT2D eigenvalue weighted by molar-refractivity contribution is -0.384. The van der Waals surface area contributed by atoms with Crippen LogP contribution >= 0.6 is 0 Å². The lowest BCUT2D eigenvalue weighted by Gasteiger charge is -2.08. The Morgan fingerprint density at radius 2 is 2.16 bits per heavy atom. The Labute approximate surface area is 113 Å². The molecule has 0 saturated heterocycles. The molecule has 7 nitrogen and oxygen atoms in total. The third-order valence-electron chi connectivity index (χ3n) is 2.41. The van der Waals surface area contributed by atoms with Crippen molar-refractivity contribution in [2.45, 2.75) is 0 Å². The summed E-state index contributed by atoms with van der Waals surface area (Å²) in [5, 5.41) is 16.2. The van der Waals surface area contributed by atoms with Crippen LogP contribution < -0.4 is 10.6 Å². The molecule has 104 valence electrons. The molecule has 1 atom stereocenters. The Morgan fingerprint density at radius 1 is 1.47 bits per heavy atom. The minimum atomic E-state index is -1.02. The van der Waals surface area contributed by atoms with Gasteiger partial charge >= 0.3 is 5.69 Å². The van der Waals surface area contributed by atoms with Crippen molar-refractivity contribution in [3.8, 4) is 0 Å². The number of amides is 1. The maximum atomic E-state index is 11.9. The molecule has 1 rings (SSSR count). The van der Waals surface area contributed by atoms with Crippen LogP contribution in [0.15, 0.2) is 18.2 Å². The number of hydrogen-bond donors (Lipinski definition) is 2. The molecule has 1 aromatic rings. The first-order valence-electron chi connectivity index (χ1n) is 5.50. The van der Waals surface area contributed by atoms with Crippen LogP contribution in [0.25, 0.3) is 0 Å². The van der Waals surface area contributed by atoms with Crippen LogP contribution in [0, 0.1) is 10.1 Å². The maximum Gasteiger partial charge on any atom is 0.305 e. The van der Waals surface area contributed by atoms with E-state index >= 15 is 0 Å². The van der Waals surface area contributed by atoms with Crippen molar-refractivity contribution in [1.29, 1.82) is 0 Å². The highest BCUT2D eigenvalue weighted by Crippen LogP contribution is 2.27. The molecule has 0 fully saturated rings. The molecule has 8 heteroatoms. The molecule has 1 amide bonds. The fourth-order valence-electron chi connectivity index (χ4n) is 1.53. The monoisotopic (exact) mass is 285 g/mol. The van der Waals surface area contributed by atoms with E-state index in [2.05, 4.69) is 10.6 Å². The first kappa shape index (κ1) is 15.1. The van der Waals surface area contributed by atoms with E-state index in [0.29, 0.717) is 5.75 Å². The summed E-state index contributed by atoms with van der Waals surface area (Å²) in [4.78, 5) is 22.3. The number of nitrogens with zero attached hydrogens (tertiary/aromatic N) is 1. The number of carbonyl (C=O) groups is 1. The average molecular weight is 285 g/mol. The van der Waals surface area contributed by atoms with Crippen molar-refractivity contribution in [2.75, 3.05) is 30.9 Å². The highest BCUT2D eigenvalue weighted by molar-refractivity contribution is 7.84. The molecule has 0 aliphatic rings. The van der Waals surface area contributed by atoms with E-state index in [1.54, 1.807) is 13.1 Å². The molecule has 0 aromatic heterocycles. The van der Waals surface area contributed by atoms with Crippen LogP contribution in [0.2, 0.25) is 0 Å². The summed E-state index contributed by atoms with van der Waals surface area (Å²) in [6.07, 6.45) is 1.52. The van der Waals surface area contributed by atoms with Gasteiger partial charge in [-0.05, 0) is 12.1 Å². The number of nitro benzene ring substituents is 1. The smallest absolute Gasteiger partial charge is 0.305 e. The van der Waals surface area contributed by atoms with Crippen LogP contribution in [0.4, 0.5) is 11.4 Å². The lowest BCUT2D eigenvalue weighted by atomic mass is 10.1. The molecule has 1 unspecified atom stereocenters.